The molecule has 2 aromatic rings. The fourth-order valence-corrected chi connectivity index (χ4v) is 1.88. The molecule has 0 bridgehead atoms. The lowest BCUT2D eigenvalue weighted by Gasteiger charge is -2.09. The molecule has 0 aromatic heterocycles. The summed E-state index contributed by atoms with van der Waals surface area (Å²) in [6.45, 7) is 0. The maximum atomic E-state index is 12.2. The Labute approximate surface area is 140 Å². The van der Waals surface area contributed by atoms with Crippen molar-refractivity contribution < 1.29 is 19.1 Å². The van der Waals surface area contributed by atoms with Crippen molar-refractivity contribution in [3.05, 3.63) is 72.1 Å². The van der Waals surface area contributed by atoms with E-state index >= 15 is 0 Å². The molecular weight excluding hydrogens is 308 g/mol. The number of methoxy groups -OCH3 is 2. The second-order valence-corrected chi connectivity index (χ2v) is 4.74. The van der Waals surface area contributed by atoms with Crippen LogP contribution in [0.2, 0.25) is 0 Å². The molecule has 0 aliphatic carbocycles. The lowest BCUT2D eigenvalue weighted by Crippen LogP contribution is -2.28. The molecule has 0 fully saturated rings. The average molecular weight is 326 g/mol. The van der Waals surface area contributed by atoms with E-state index in [2.05, 4.69) is 10.6 Å². The second kappa shape index (κ2) is 8.38. The van der Waals surface area contributed by atoms with Crippen molar-refractivity contribution in [2.45, 2.75) is 0 Å². The number of carbonyl (C=O) groups is 2. The average Bonchev–Trinajstić information content (AvgIpc) is 2.65. The first kappa shape index (κ1) is 17.1. The van der Waals surface area contributed by atoms with Gasteiger partial charge in [0.05, 0.1) is 14.2 Å². The molecule has 0 atom stereocenters. The minimum Gasteiger partial charge on any atom is -0.497 e. The summed E-state index contributed by atoms with van der Waals surface area (Å²) in [6.07, 6.45) is 1.38. The van der Waals surface area contributed by atoms with Crippen LogP contribution in [-0.2, 0) is 9.53 Å². The summed E-state index contributed by atoms with van der Waals surface area (Å²) in [5, 5.41) is 5.47. The zero-order chi connectivity index (χ0) is 17.4. The molecule has 0 spiro atoms. The first-order valence-corrected chi connectivity index (χ1v) is 7.19. The Kier molecular flexibility index (Phi) is 5.96. The van der Waals surface area contributed by atoms with Crippen LogP contribution in [0, 0.1) is 0 Å². The highest BCUT2D eigenvalue weighted by molar-refractivity contribution is 6.01. The van der Waals surface area contributed by atoms with E-state index in [-0.39, 0.29) is 5.70 Å². The normalized spacial score (nSPS) is 10.7. The lowest BCUT2D eigenvalue weighted by atomic mass is 10.2. The number of esters is 1. The predicted octanol–water partition coefficient (Wildman–Crippen LogP) is 2.55. The van der Waals surface area contributed by atoms with Crippen LogP contribution in [0.1, 0.15) is 10.4 Å². The Bertz CT molecular complexity index is 724. The van der Waals surface area contributed by atoms with Gasteiger partial charge in [-0.15, -0.1) is 0 Å². The fourth-order valence-electron chi connectivity index (χ4n) is 1.88. The van der Waals surface area contributed by atoms with E-state index in [4.69, 9.17) is 9.47 Å². The molecule has 0 saturated carbocycles. The van der Waals surface area contributed by atoms with Gasteiger partial charge in [-0.05, 0) is 36.4 Å². The summed E-state index contributed by atoms with van der Waals surface area (Å²) in [5.74, 6) is -0.334. The molecule has 0 aliphatic heterocycles. The van der Waals surface area contributed by atoms with Gasteiger partial charge >= 0.3 is 5.97 Å². The molecule has 0 unspecified atom stereocenters. The summed E-state index contributed by atoms with van der Waals surface area (Å²) in [6, 6.07) is 15.7. The summed E-state index contributed by atoms with van der Waals surface area (Å²) in [7, 11) is 2.83. The van der Waals surface area contributed by atoms with Gasteiger partial charge < -0.3 is 20.1 Å². The summed E-state index contributed by atoms with van der Waals surface area (Å²) < 4.78 is 9.77. The third kappa shape index (κ3) is 4.61. The van der Waals surface area contributed by atoms with E-state index in [1.807, 2.05) is 0 Å². The van der Waals surface area contributed by atoms with Crippen LogP contribution in [0.4, 0.5) is 5.69 Å². The minimum atomic E-state index is -0.653. The van der Waals surface area contributed by atoms with Crippen LogP contribution < -0.4 is 15.4 Å². The van der Waals surface area contributed by atoms with Gasteiger partial charge in [-0.1, -0.05) is 18.2 Å². The standard InChI is InChI=1S/C18H18N2O4/c1-23-15-10-8-14(9-11-15)19-12-16(18(22)24-2)20-17(21)13-6-4-3-5-7-13/h3-12,19H,1-2H3,(H,20,21)/b16-12+. The van der Waals surface area contributed by atoms with Crippen molar-refractivity contribution in [2.24, 2.45) is 0 Å². The minimum absolute atomic E-state index is 0.00201. The summed E-state index contributed by atoms with van der Waals surface area (Å²) in [5.41, 5.74) is 1.17. The highest BCUT2D eigenvalue weighted by Crippen LogP contribution is 2.15. The van der Waals surface area contributed by atoms with Gasteiger partial charge in [0.25, 0.3) is 5.91 Å². The molecule has 1 amide bonds. The van der Waals surface area contributed by atoms with Crippen LogP contribution in [0.3, 0.4) is 0 Å². The summed E-state index contributed by atoms with van der Waals surface area (Å²) in [4.78, 5) is 24.0. The largest absolute Gasteiger partial charge is 0.497 e. The van der Waals surface area contributed by atoms with Crippen molar-refractivity contribution >= 4 is 17.6 Å². The molecular formula is C18H18N2O4. The van der Waals surface area contributed by atoms with Crippen LogP contribution >= 0.6 is 0 Å². The summed E-state index contributed by atoms with van der Waals surface area (Å²) >= 11 is 0. The molecule has 2 aromatic carbocycles. The van der Waals surface area contributed by atoms with Crippen LogP contribution in [0.25, 0.3) is 0 Å². The zero-order valence-electron chi connectivity index (χ0n) is 13.4. The quantitative estimate of drug-likeness (QED) is 0.630. The SMILES string of the molecule is COC(=O)/C(=C\Nc1ccc(OC)cc1)NC(=O)c1ccccc1. The van der Waals surface area contributed by atoms with Gasteiger partial charge in [0.2, 0.25) is 0 Å². The molecule has 2 N–H and O–H groups in total. The molecule has 6 heteroatoms. The van der Waals surface area contributed by atoms with Crippen molar-refractivity contribution in [2.75, 3.05) is 19.5 Å². The molecule has 6 nitrogen and oxygen atoms in total. The Morgan fingerprint density at radius 3 is 2.21 bits per heavy atom. The Morgan fingerprint density at radius 1 is 0.958 bits per heavy atom. The number of hydrogen-bond acceptors (Lipinski definition) is 5. The van der Waals surface area contributed by atoms with Crippen molar-refractivity contribution in [3.63, 3.8) is 0 Å². The predicted molar refractivity (Wildman–Crippen MR) is 90.6 cm³/mol. The van der Waals surface area contributed by atoms with Crippen LogP contribution in [0.5, 0.6) is 5.75 Å². The van der Waals surface area contributed by atoms with Gasteiger partial charge in [0.15, 0.2) is 0 Å². The molecule has 124 valence electrons. The third-order valence-corrected chi connectivity index (χ3v) is 3.16. The lowest BCUT2D eigenvalue weighted by molar-refractivity contribution is -0.136. The van der Waals surface area contributed by atoms with Gasteiger partial charge in [0, 0.05) is 17.5 Å². The molecule has 0 saturated heterocycles. The van der Waals surface area contributed by atoms with Crippen molar-refractivity contribution in [3.8, 4) is 5.75 Å². The number of amides is 1. The van der Waals surface area contributed by atoms with E-state index in [1.165, 1.54) is 13.3 Å². The number of anilines is 1. The van der Waals surface area contributed by atoms with Crippen LogP contribution in [-0.4, -0.2) is 26.1 Å². The zero-order valence-corrected chi connectivity index (χ0v) is 13.4. The third-order valence-electron chi connectivity index (χ3n) is 3.16. The molecule has 0 aliphatic rings. The number of carbonyl (C=O) groups excluding carboxylic acids is 2. The Morgan fingerprint density at radius 2 is 1.62 bits per heavy atom. The number of ether oxygens (including phenoxy) is 2. The van der Waals surface area contributed by atoms with Crippen molar-refractivity contribution in [1.82, 2.24) is 5.32 Å². The van der Waals surface area contributed by atoms with E-state index in [0.717, 1.165) is 11.4 Å². The maximum Gasteiger partial charge on any atom is 0.356 e. The van der Waals surface area contributed by atoms with Gasteiger partial charge in [-0.2, -0.15) is 0 Å². The first-order valence-electron chi connectivity index (χ1n) is 7.19. The molecule has 2 rings (SSSR count). The van der Waals surface area contributed by atoms with Crippen molar-refractivity contribution in [1.29, 1.82) is 0 Å². The first-order chi connectivity index (χ1) is 11.6. The van der Waals surface area contributed by atoms with E-state index in [1.54, 1.807) is 61.7 Å². The van der Waals surface area contributed by atoms with Gasteiger partial charge in [-0.3, -0.25) is 4.79 Å². The van der Waals surface area contributed by atoms with E-state index in [0.29, 0.717) is 5.56 Å². The maximum absolute atomic E-state index is 12.2. The fraction of sp³-hybridized carbons (Fsp3) is 0.111. The van der Waals surface area contributed by atoms with E-state index in [9.17, 15) is 9.59 Å². The molecule has 0 heterocycles. The second-order valence-electron chi connectivity index (χ2n) is 4.74. The van der Waals surface area contributed by atoms with Gasteiger partial charge in [-0.25, -0.2) is 4.79 Å². The smallest absolute Gasteiger partial charge is 0.356 e. The highest BCUT2D eigenvalue weighted by Gasteiger charge is 2.14. The number of hydrogen-bond donors (Lipinski definition) is 2. The Balaban J connectivity index is 2.12. The number of rotatable bonds is 6. The van der Waals surface area contributed by atoms with Crippen LogP contribution in [0.15, 0.2) is 66.5 Å². The number of nitrogens with one attached hydrogen (secondary N) is 2. The monoisotopic (exact) mass is 326 g/mol. The van der Waals surface area contributed by atoms with E-state index < -0.39 is 11.9 Å². The molecule has 24 heavy (non-hydrogen) atoms. The topological polar surface area (TPSA) is 76.7 Å². The van der Waals surface area contributed by atoms with Gasteiger partial charge in [0.1, 0.15) is 11.4 Å². The highest BCUT2D eigenvalue weighted by atomic mass is 16.5. The Hall–Kier alpha value is -3.28. The number of benzene rings is 2. The molecule has 0 radical (unpaired) electrons.